The number of carbonyl (C=O) groups excluding carboxylic acids is 1. The van der Waals surface area contributed by atoms with Gasteiger partial charge in [0.25, 0.3) is 0 Å². The Hall–Kier alpha value is -2.08. The standard InChI is InChI=1S/C20H28N2O4/c1-14-4-5-16(12-15(14)2)26-11-10-22-8-6-20(7-9-22)17(19(24)25)13-18(23)21(20)3/h4-5,12,17H,6-11,13H2,1-3H3,(H,24,25). The minimum Gasteiger partial charge on any atom is -0.492 e. The zero-order valence-corrected chi connectivity index (χ0v) is 15.8. The summed E-state index contributed by atoms with van der Waals surface area (Å²) in [6, 6.07) is 6.11. The molecule has 1 N–H and O–H groups in total. The van der Waals surface area contributed by atoms with E-state index in [2.05, 4.69) is 30.9 Å². The average Bonchev–Trinajstić information content (AvgIpc) is 2.85. The lowest BCUT2D eigenvalue weighted by Gasteiger charge is -2.45. The fourth-order valence-electron chi connectivity index (χ4n) is 4.24. The molecule has 2 aliphatic heterocycles. The molecule has 2 heterocycles. The summed E-state index contributed by atoms with van der Waals surface area (Å²) in [5, 5.41) is 9.53. The molecule has 0 radical (unpaired) electrons. The second-order valence-electron chi connectivity index (χ2n) is 7.59. The van der Waals surface area contributed by atoms with Crippen molar-refractivity contribution in [2.75, 3.05) is 33.3 Å². The quantitative estimate of drug-likeness (QED) is 0.871. The Morgan fingerprint density at radius 2 is 1.96 bits per heavy atom. The van der Waals surface area contributed by atoms with Gasteiger partial charge < -0.3 is 14.7 Å². The van der Waals surface area contributed by atoms with E-state index < -0.39 is 17.4 Å². The number of aliphatic carboxylic acids is 1. The van der Waals surface area contributed by atoms with Crippen LogP contribution in [0.5, 0.6) is 5.75 Å². The summed E-state index contributed by atoms with van der Waals surface area (Å²) in [5.74, 6) is -0.610. The number of ether oxygens (including phenoxy) is 1. The SMILES string of the molecule is Cc1ccc(OCCN2CCC3(CC2)C(C(=O)O)CC(=O)N3C)cc1C. The third-order valence-corrected chi connectivity index (χ3v) is 6.24. The highest BCUT2D eigenvalue weighted by Gasteiger charge is 2.55. The average molecular weight is 360 g/mol. The van der Waals surface area contributed by atoms with E-state index in [4.69, 9.17) is 4.74 Å². The van der Waals surface area contributed by atoms with Crippen LogP contribution in [0.4, 0.5) is 0 Å². The van der Waals surface area contributed by atoms with Gasteiger partial charge in [0.05, 0.1) is 11.5 Å². The topological polar surface area (TPSA) is 70.1 Å². The Bertz CT molecular complexity index is 695. The molecular weight excluding hydrogens is 332 g/mol. The van der Waals surface area contributed by atoms with E-state index in [1.165, 1.54) is 11.1 Å². The van der Waals surface area contributed by atoms with Crippen molar-refractivity contribution in [3.8, 4) is 5.75 Å². The number of benzene rings is 1. The highest BCUT2D eigenvalue weighted by atomic mass is 16.5. The smallest absolute Gasteiger partial charge is 0.309 e. The van der Waals surface area contributed by atoms with Gasteiger partial charge in [-0.2, -0.15) is 0 Å². The van der Waals surface area contributed by atoms with Crippen LogP contribution in [0.3, 0.4) is 0 Å². The summed E-state index contributed by atoms with van der Waals surface area (Å²) >= 11 is 0. The van der Waals surface area contributed by atoms with E-state index in [1.807, 2.05) is 6.07 Å². The molecule has 1 aromatic carbocycles. The van der Waals surface area contributed by atoms with Gasteiger partial charge in [-0.3, -0.25) is 14.5 Å². The lowest BCUT2D eigenvalue weighted by atomic mass is 9.77. The molecule has 26 heavy (non-hydrogen) atoms. The molecule has 142 valence electrons. The van der Waals surface area contributed by atoms with E-state index >= 15 is 0 Å². The van der Waals surface area contributed by atoms with Crippen LogP contribution < -0.4 is 4.74 Å². The van der Waals surface area contributed by atoms with Crippen LogP contribution in [0, 0.1) is 19.8 Å². The lowest BCUT2D eigenvalue weighted by molar-refractivity contribution is -0.146. The van der Waals surface area contributed by atoms with Crippen molar-refractivity contribution in [1.29, 1.82) is 0 Å². The van der Waals surface area contributed by atoms with E-state index in [1.54, 1.807) is 11.9 Å². The minimum absolute atomic E-state index is 0.0519. The molecule has 1 aromatic rings. The van der Waals surface area contributed by atoms with Crippen LogP contribution in [0.25, 0.3) is 0 Å². The molecule has 1 atom stereocenters. The third kappa shape index (κ3) is 3.43. The molecule has 0 aromatic heterocycles. The number of carbonyl (C=O) groups is 2. The Morgan fingerprint density at radius 3 is 2.58 bits per heavy atom. The maximum Gasteiger partial charge on any atom is 0.309 e. The van der Waals surface area contributed by atoms with E-state index in [0.717, 1.165) is 25.4 Å². The maximum absolute atomic E-state index is 12.1. The van der Waals surface area contributed by atoms with Crippen LogP contribution in [0.1, 0.15) is 30.4 Å². The molecule has 2 fully saturated rings. The predicted octanol–water partition coefficient (Wildman–Crippen LogP) is 2.08. The van der Waals surface area contributed by atoms with Crippen LogP contribution in [0.15, 0.2) is 18.2 Å². The molecule has 6 nitrogen and oxygen atoms in total. The largest absolute Gasteiger partial charge is 0.492 e. The number of hydrogen-bond donors (Lipinski definition) is 1. The number of likely N-dealkylation sites (tertiary alicyclic amines) is 2. The molecule has 1 spiro atoms. The monoisotopic (exact) mass is 360 g/mol. The number of hydrogen-bond acceptors (Lipinski definition) is 4. The number of amides is 1. The summed E-state index contributed by atoms with van der Waals surface area (Å²) in [6.45, 7) is 7.14. The Labute approximate surface area is 154 Å². The van der Waals surface area contributed by atoms with Crippen molar-refractivity contribution in [1.82, 2.24) is 9.80 Å². The van der Waals surface area contributed by atoms with Crippen molar-refractivity contribution in [2.24, 2.45) is 5.92 Å². The summed E-state index contributed by atoms with van der Waals surface area (Å²) in [4.78, 5) is 27.7. The molecule has 3 rings (SSSR count). The number of aryl methyl sites for hydroxylation is 2. The van der Waals surface area contributed by atoms with E-state index in [0.29, 0.717) is 19.4 Å². The normalized spacial score (nSPS) is 22.8. The zero-order chi connectivity index (χ0) is 18.9. The van der Waals surface area contributed by atoms with Crippen molar-refractivity contribution < 1.29 is 19.4 Å². The van der Waals surface area contributed by atoms with Crippen LogP contribution in [-0.4, -0.2) is 65.6 Å². The molecule has 2 saturated heterocycles. The Kier molecular flexibility index (Phi) is 5.23. The van der Waals surface area contributed by atoms with Crippen molar-refractivity contribution in [3.05, 3.63) is 29.3 Å². The van der Waals surface area contributed by atoms with Gasteiger partial charge in [0, 0.05) is 33.1 Å². The Morgan fingerprint density at radius 1 is 1.27 bits per heavy atom. The first-order valence-electron chi connectivity index (χ1n) is 9.25. The van der Waals surface area contributed by atoms with Gasteiger partial charge in [0.2, 0.25) is 5.91 Å². The summed E-state index contributed by atoms with van der Waals surface area (Å²) in [5.41, 5.74) is 1.95. The third-order valence-electron chi connectivity index (χ3n) is 6.24. The molecule has 2 aliphatic rings. The second-order valence-corrected chi connectivity index (χ2v) is 7.59. The molecule has 0 aliphatic carbocycles. The number of piperidine rings is 1. The van der Waals surface area contributed by atoms with E-state index in [-0.39, 0.29) is 12.3 Å². The number of carboxylic acids is 1. The zero-order valence-electron chi connectivity index (χ0n) is 15.8. The molecule has 0 bridgehead atoms. The van der Waals surface area contributed by atoms with Crippen molar-refractivity contribution in [3.63, 3.8) is 0 Å². The highest BCUT2D eigenvalue weighted by Crippen LogP contribution is 2.42. The van der Waals surface area contributed by atoms with Gasteiger partial charge in [-0.25, -0.2) is 0 Å². The second kappa shape index (κ2) is 7.27. The molecule has 1 amide bonds. The fraction of sp³-hybridized carbons (Fsp3) is 0.600. The number of nitrogens with zero attached hydrogens (tertiary/aromatic N) is 2. The van der Waals surface area contributed by atoms with Gasteiger partial charge >= 0.3 is 5.97 Å². The maximum atomic E-state index is 12.1. The summed E-state index contributed by atoms with van der Waals surface area (Å²) < 4.78 is 5.86. The van der Waals surface area contributed by atoms with Crippen LogP contribution >= 0.6 is 0 Å². The first-order valence-corrected chi connectivity index (χ1v) is 9.25. The molecular formula is C20H28N2O4. The molecule has 6 heteroatoms. The first kappa shape index (κ1) is 18.7. The summed E-state index contributed by atoms with van der Waals surface area (Å²) in [6.07, 6.45) is 1.54. The van der Waals surface area contributed by atoms with Crippen LogP contribution in [-0.2, 0) is 9.59 Å². The molecule has 0 saturated carbocycles. The first-order chi connectivity index (χ1) is 12.3. The van der Waals surface area contributed by atoms with Gasteiger partial charge in [0.15, 0.2) is 0 Å². The van der Waals surface area contributed by atoms with E-state index in [9.17, 15) is 14.7 Å². The highest BCUT2D eigenvalue weighted by molar-refractivity contribution is 5.88. The van der Waals surface area contributed by atoms with Gasteiger partial charge in [-0.15, -0.1) is 0 Å². The number of carboxylic acid groups (broad SMARTS) is 1. The van der Waals surface area contributed by atoms with Gasteiger partial charge in [-0.05, 0) is 49.9 Å². The summed E-state index contributed by atoms with van der Waals surface area (Å²) in [7, 11) is 1.75. The lowest BCUT2D eigenvalue weighted by Crippen LogP contribution is -2.56. The molecule has 1 unspecified atom stereocenters. The van der Waals surface area contributed by atoms with Crippen LogP contribution in [0.2, 0.25) is 0 Å². The van der Waals surface area contributed by atoms with Crippen molar-refractivity contribution >= 4 is 11.9 Å². The number of rotatable bonds is 5. The fourth-order valence-corrected chi connectivity index (χ4v) is 4.24. The Balaban J connectivity index is 1.52. The minimum atomic E-state index is -0.853. The van der Waals surface area contributed by atoms with Crippen molar-refractivity contribution in [2.45, 2.75) is 38.6 Å². The predicted molar refractivity (Wildman–Crippen MR) is 98.3 cm³/mol. The van der Waals surface area contributed by atoms with Gasteiger partial charge in [-0.1, -0.05) is 6.07 Å². The van der Waals surface area contributed by atoms with Gasteiger partial charge in [0.1, 0.15) is 12.4 Å².